The van der Waals surface area contributed by atoms with Gasteiger partial charge in [-0.1, -0.05) is 6.07 Å². The number of nitrogens with one attached hydrogen (secondary N) is 2. The highest BCUT2D eigenvalue weighted by Crippen LogP contribution is 2.18. The van der Waals surface area contributed by atoms with Crippen LogP contribution >= 0.6 is 0 Å². The van der Waals surface area contributed by atoms with Crippen LogP contribution in [0.1, 0.15) is 20.7 Å². The number of amides is 1. The summed E-state index contributed by atoms with van der Waals surface area (Å²) in [4.78, 5) is 32.2. The molecule has 0 aliphatic rings. The molecule has 1 heterocycles. The first-order valence-corrected chi connectivity index (χ1v) is 8.32. The fraction of sp³-hybridized carbons (Fsp3) is 0.100. The summed E-state index contributed by atoms with van der Waals surface area (Å²) < 4.78 is 9.78. The van der Waals surface area contributed by atoms with Crippen molar-refractivity contribution in [2.75, 3.05) is 24.9 Å². The first-order valence-electron chi connectivity index (χ1n) is 8.32. The summed E-state index contributed by atoms with van der Waals surface area (Å²) in [5.41, 5.74) is 1.88. The molecule has 0 saturated carbocycles. The third-order valence-corrected chi connectivity index (χ3v) is 3.80. The van der Waals surface area contributed by atoms with Crippen molar-refractivity contribution in [2.45, 2.75) is 0 Å². The molecule has 0 radical (unpaired) electrons. The van der Waals surface area contributed by atoms with Gasteiger partial charge in [-0.05, 0) is 42.5 Å². The van der Waals surface area contributed by atoms with Crippen LogP contribution in [0.4, 0.5) is 17.3 Å². The van der Waals surface area contributed by atoms with E-state index in [2.05, 4.69) is 25.3 Å². The van der Waals surface area contributed by atoms with E-state index in [1.165, 1.54) is 25.6 Å². The molecule has 0 bridgehead atoms. The fourth-order valence-corrected chi connectivity index (χ4v) is 2.36. The van der Waals surface area contributed by atoms with Gasteiger partial charge in [0.2, 0.25) is 5.95 Å². The quantitative estimate of drug-likeness (QED) is 0.635. The highest BCUT2D eigenvalue weighted by atomic mass is 16.5. The number of hydrogen-bond acceptors (Lipinski definition) is 7. The number of ether oxygens (including phenoxy) is 2. The van der Waals surface area contributed by atoms with Crippen LogP contribution in [-0.2, 0) is 4.74 Å². The van der Waals surface area contributed by atoms with Gasteiger partial charge in [0.1, 0.15) is 5.75 Å². The summed E-state index contributed by atoms with van der Waals surface area (Å²) in [5, 5.41) is 5.73. The van der Waals surface area contributed by atoms with Crippen LogP contribution in [0.15, 0.2) is 60.9 Å². The number of anilines is 3. The highest BCUT2D eigenvalue weighted by molar-refractivity contribution is 6.04. The first-order chi connectivity index (χ1) is 13.6. The number of esters is 1. The number of hydrogen-bond donors (Lipinski definition) is 2. The van der Waals surface area contributed by atoms with Crippen LogP contribution in [0.25, 0.3) is 0 Å². The number of rotatable bonds is 6. The summed E-state index contributed by atoms with van der Waals surface area (Å²) >= 11 is 0. The summed E-state index contributed by atoms with van der Waals surface area (Å²) in [5.74, 6) is 0.232. The fourth-order valence-electron chi connectivity index (χ4n) is 2.36. The minimum Gasteiger partial charge on any atom is -0.497 e. The molecule has 8 nitrogen and oxygen atoms in total. The Hall–Kier alpha value is -3.94. The third-order valence-electron chi connectivity index (χ3n) is 3.80. The highest BCUT2D eigenvalue weighted by Gasteiger charge is 2.10. The number of carbonyl (C=O) groups excluding carboxylic acids is 2. The second-order valence-electron chi connectivity index (χ2n) is 5.68. The Bertz CT molecular complexity index is 972. The third kappa shape index (κ3) is 4.61. The van der Waals surface area contributed by atoms with Crippen LogP contribution in [0.2, 0.25) is 0 Å². The zero-order chi connectivity index (χ0) is 19.9. The van der Waals surface area contributed by atoms with Gasteiger partial charge >= 0.3 is 5.97 Å². The topological polar surface area (TPSA) is 102 Å². The van der Waals surface area contributed by atoms with Crippen molar-refractivity contribution >= 4 is 29.2 Å². The minimum atomic E-state index is -0.478. The van der Waals surface area contributed by atoms with E-state index in [-0.39, 0.29) is 5.56 Å². The summed E-state index contributed by atoms with van der Waals surface area (Å²) in [6.45, 7) is 0. The number of aromatic nitrogens is 2. The van der Waals surface area contributed by atoms with Gasteiger partial charge in [-0.25, -0.2) is 14.8 Å². The maximum atomic E-state index is 12.4. The van der Waals surface area contributed by atoms with Gasteiger partial charge in [0.05, 0.1) is 25.3 Å². The van der Waals surface area contributed by atoms with E-state index in [0.717, 1.165) is 11.4 Å². The lowest BCUT2D eigenvalue weighted by molar-refractivity contribution is 0.0600. The number of nitrogens with zero attached hydrogens (tertiary/aromatic N) is 2. The lowest BCUT2D eigenvalue weighted by Crippen LogP contribution is -2.13. The normalized spacial score (nSPS) is 10.1. The van der Waals surface area contributed by atoms with Gasteiger partial charge < -0.3 is 20.1 Å². The second kappa shape index (κ2) is 8.63. The number of carbonyl (C=O) groups is 2. The standard InChI is InChI=1S/C20H18N4O4/c1-27-17-8-6-15(7-9-17)24-20-21-11-14(12-22-20)18(25)23-16-5-3-4-13(10-16)19(26)28-2/h3-12H,1-2H3,(H,23,25)(H,21,22,24). The predicted molar refractivity (Wildman–Crippen MR) is 104 cm³/mol. The summed E-state index contributed by atoms with van der Waals surface area (Å²) in [7, 11) is 2.90. The molecule has 1 aromatic heterocycles. The van der Waals surface area contributed by atoms with Crippen molar-refractivity contribution < 1.29 is 19.1 Å². The first kappa shape index (κ1) is 18.8. The van der Waals surface area contributed by atoms with E-state index in [1.54, 1.807) is 25.3 Å². The van der Waals surface area contributed by atoms with Gasteiger partial charge in [-0.2, -0.15) is 0 Å². The van der Waals surface area contributed by atoms with Crippen molar-refractivity contribution in [1.82, 2.24) is 9.97 Å². The van der Waals surface area contributed by atoms with Gasteiger partial charge in [0.15, 0.2) is 0 Å². The molecule has 28 heavy (non-hydrogen) atoms. The Kier molecular flexibility index (Phi) is 5.81. The molecule has 2 N–H and O–H groups in total. The van der Waals surface area contributed by atoms with Gasteiger partial charge in [-0.3, -0.25) is 4.79 Å². The van der Waals surface area contributed by atoms with E-state index in [0.29, 0.717) is 17.2 Å². The van der Waals surface area contributed by atoms with Crippen molar-refractivity contribution in [3.05, 3.63) is 72.1 Å². The number of benzene rings is 2. The maximum Gasteiger partial charge on any atom is 0.337 e. The second-order valence-corrected chi connectivity index (χ2v) is 5.68. The molecule has 0 fully saturated rings. The molecule has 0 aliphatic heterocycles. The average molecular weight is 378 g/mol. The molecule has 0 unspecified atom stereocenters. The Morgan fingerprint density at radius 3 is 2.25 bits per heavy atom. The Morgan fingerprint density at radius 2 is 1.61 bits per heavy atom. The molecule has 3 rings (SSSR count). The monoisotopic (exact) mass is 378 g/mol. The summed E-state index contributed by atoms with van der Waals surface area (Å²) in [6.07, 6.45) is 2.83. The van der Waals surface area contributed by atoms with E-state index < -0.39 is 11.9 Å². The number of methoxy groups -OCH3 is 2. The van der Waals surface area contributed by atoms with Crippen molar-refractivity contribution in [2.24, 2.45) is 0 Å². The Morgan fingerprint density at radius 1 is 0.893 bits per heavy atom. The molecule has 8 heteroatoms. The van der Waals surface area contributed by atoms with Crippen LogP contribution in [0.3, 0.4) is 0 Å². The predicted octanol–water partition coefficient (Wildman–Crippen LogP) is 3.27. The average Bonchev–Trinajstić information content (AvgIpc) is 2.74. The van der Waals surface area contributed by atoms with Crippen molar-refractivity contribution in [3.8, 4) is 5.75 Å². The summed E-state index contributed by atoms with van der Waals surface area (Å²) in [6, 6.07) is 13.7. The van der Waals surface area contributed by atoms with E-state index in [9.17, 15) is 9.59 Å². The largest absolute Gasteiger partial charge is 0.497 e. The maximum absolute atomic E-state index is 12.4. The van der Waals surface area contributed by atoms with Crippen LogP contribution in [0, 0.1) is 0 Å². The van der Waals surface area contributed by atoms with E-state index in [1.807, 2.05) is 24.3 Å². The Labute approximate surface area is 161 Å². The van der Waals surface area contributed by atoms with Crippen molar-refractivity contribution in [3.63, 3.8) is 0 Å². The zero-order valence-corrected chi connectivity index (χ0v) is 15.3. The molecule has 0 aliphatic carbocycles. The lowest BCUT2D eigenvalue weighted by Gasteiger charge is -2.08. The smallest absolute Gasteiger partial charge is 0.337 e. The molecule has 142 valence electrons. The molecule has 0 atom stereocenters. The van der Waals surface area contributed by atoms with Gasteiger partial charge in [-0.15, -0.1) is 0 Å². The van der Waals surface area contributed by atoms with E-state index >= 15 is 0 Å². The molecule has 0 saturated heterocycles. The minimum absolute atomic E-state index is 0.281. The van der Waals surface area contributed by atoms with Gasteiger partial charge in [0, 0.05) is 23.8 Å². The Balaban J connectivity index is 1.65. The molecular formula is C20H18N4O4. The van der Waals surface area contributed by atoms with Crippen LogP contribution in [-0.4, -0.2) is 36.1 Å². The van der Waals surface area contributed by atoms with Crippen LogP contribution < -0.4 is 15.4 Å². The lowest BCUT2D eigenvalue weighted by atomic mass is 10.2. The van der Waals surface area contributed by atoms with E-state index in [4.69, 9.17) is 4.74 Å². The zero-order valence-electron chi connectivity index (χ0n) is 15.3. The molecule has 3 aromatic rings. The molecular weight excluding hydrogens is 360 g/mol. The SMILES string of the molecule is COC(=O)c1cccc(NC(=O)c2cnc(Nc3ccc(OC)cc3)nc2)c1. The molecule has 2 aromatic carbocycles. The molecule has 1 amide bonds. The van der Waals surface area contributed by atoms with Crippen molar-refractivity contribution in [1.29, 1.82) is 0 Å². The van der Waals surface area contributed by atoms with Gasteiger partial charge in [0.25, 0.3) is 5.91 Å². The van der Waals surface area contributed by atoms with Crippen LogP contribution in [0.5, 0.6) is 5.75 Å². The molecule has 0 spiro atoms.